The second-order valence-corrected chi connectivity index (χ2v) is 4.53. The molecular formula is C7H3Br3O. The minimum atomic E-state index is 0.633. The third kappa shape index (κ3) is 2.13. The largest absolute Gasteiger partial charge is 0.298 e. The summed E-state index contributed by atoms with van der Waals surface area (Å²) in [5, 5.41) is 0. The smallest absolute Gasteiger partial charge is 0.152 e. The molecule has 0 fully saturated rings. The van der Waals surface area contributed by atoms with Gasteiger partial charge in [0.1, 0.15) is 0 Å². The minimum absolute atomic E-state index is 0.633. The summed E-state index contributed by atoms with van der Waals surface area (Å²) >= 11 is 9.83. The number of halogens is 3. The number of carbonyl (C=O) groups is 1. The zero-order chi connectivity index (χ0) is 8.43. The van der Waals surface area contributed by atoms with E-state index in [9.17, 15) is 4.79 Å². The zero-order valence-corrected chi connectivity index (χ0v) is 10.0. The van der Waals surface area contributed by atoms with Crippen molar-refractivity contribution in [3.05, 3.63) is 31.1 Å². The highest BCUT2D eigenvalue weighted by atomic mass is 79.9. The maximum atomic E-state index is 10.5. The lowest BCUT2D eigenvalue weighted by atomic mass is 10.2. The molecule has 11 heavy (non-hydrogen) atoms. The highest BCUT2D eigenvalue weighted by Crippen LogP contribution is 2.28. The van der Waals surface area contributed by atoms with Crippen LogP contribution < -0.4 is 0 Å². The van der Waals surface area contributed by atoms with E-state index in [1.807, 2.05) is 12.1 Å². The van der Waals surface area contributed by atoms with Crippen LogP contribution in [0.15, 0.2) is 25.6 Å². The van der Waals surface area contributed by atoms with Gasteiger partial charge >= 0.3 is 0 Å². The molecule has 0 aliphatic rings. The molecule has 1 aromatic carbocycles. The Balaban J connectivity index is 3.36. The van der Waals surface area contributed by atoms with Crippen LogP contribution in [-0.4, -0.2) is 6.29 Å². The van der Waals surface area contributed by atoms with E-state index in [1.54, 1.807) is 0 Å². The first kappa shape index (κ1) is 9.42. The molecular weight excluding hydrogens is 340 g/mol. The Morgan fingerprint density at radius 3 is 1.91 bits per heavy atom. The van der Waals surface area contributed by atoms with Crippen LogP contribution in [0.5, 0.6) is 0 Å². The van der Waals surface area contributed by atoms with Crippen molar-refractivity contribution in [2.75, 3.05) is 0 Å². The van der Waals surface area contributed by atoms with Crippen LogP contribution in [0.1, 0.15) is 10.4 Å². The summed E-state index contributed by atoms with van der Waals surface area (Å²) in [4.78, 5) is 10.5. The van der Waals surface area contributed by atoms with Crippen molar-refractivity contribution in [2.45, 2.75) is 0 Å². The number of aldehydes is 1. The number of rotatable bonds is 1. The van der Waals surface area contributed by atoms with Gasteiger partial charge in [-0.05, 0) is 44.0 Å². The van der Waals surface area contributed by atoms with E-state index in [-0.39, 0.29) is 0 Å². The van der Waals surface area contributed by atoms with E-state index in [0.29, 0.717) is 5.56 Å². The van der Waals surface area contributed by atoms with Crippen LogP contribution in [0, 0.1) is 0 Å². The molecule has 0 N–H and O–H groups in total. The second-order valence-electron chi connectivity index (χ2n) is 1.90. The number of carbonyl (C=O) groups excluding carboxylic acids is 1. The van der Waals surface area contributed by atoms with Crippen molar-refractivity contribution in [2.24, 2.45) is 0 Å². The quantitative estimate of drug-likeness (QED) is 0.710. The molecule has 0 spiro atoms. The van der Waals surface area contributed by atoms with Crippen LogP contribution in [0.3, 0.4) is 0 Å². The number of hydrogen-bond acceptors (Lipinski definition) is 1. The van der Waals surface area contributed by atoms with Gasteiger partial charge in [0, 0.05) is 19.0 Å². The van der Waals surface area contributed by atoms with E-state index < -0.39 is 0 Å². The van der Waals surface area contributed by atoms with E-state index in [4.69, 9.17) is 0 Å². The van der Waals surface area contributed by atoms with Crippen LogP contribution in [0.2, 0.25) is 0 Å². The molecule has 0 bridgehead atoms. The van der Waals surface area contributed by atoms with E-state index in [0.717, 1.165) is 19.7 Å². The molecule has 0 unspecified atom stereocenters. The van der Waals surface area contributed by atoms with Gasteiger partial charge in [0.15, 0.2) is 6.29 Å². The molecule has 0 aliphatic carbocycles. The van der Waals surface area contributed by atoms with Gasteiger partial charge in [0.25, 0.3) is 0 Å². The fourth-order valence-electron chi connectivity index (χ4n) is 0.666. The predicted octanol–water partition coefficient (Wildman–Crippen LogP) is 3.79. The fraction of sp³-hybridized carbons (Fsp3) is 0. The zero-order valence-electron chi connectivity index (χ0n) is 5.27. The van der Waals surface area contributed by atoms with Crippen LogP contribution in [-0.2, 0) is 0 Å². The first-order valence-electron chi connectivity index (χ1n) is 2.75. The first-order chi connectivity index (χ1) is 5.15. The molecule has 0 heterocycles. The molecule has 1 rings (SSSR count). The highest BCUT2D eigenvalue weighted by Gasteiger charge is 2.04. The lowest BCUT2D eigenvalue weighted by Crippen LogP contribution is -1.84. The van der Waals surface area contributed by atoms with Gasteiger partial charge in [0.2, 0.25) is 0 Å². The summed E-state index contributed by atoms with van der Waals surface area (Å²) < 4.78 is 2.50. The van der Waals surface area contributed by atoms with Crippen LogP contribution >= 0.6 is 47.8 Å². The number of benzene rings is 1. The standard InChI is InChI=1S/C7H3Br3O/c8-4-1-6(9)5(3-11)7(10)2-4/h1-3H. The average Bonchev–Trinajstić information content (AvgIpc) is 1.85. The lowest BCUT2D eigenvalue weighted by Gasteiger charge is -1.99. The summed E-state index contributed by atoms with van der Waals surface area (Å²) in [6, 6.07) is 3.66. The van der Waals surface area contributed by atoms with Gasteiger partial charge in [0.05, 0.1) is 0 Å². The summed E-state index contributed by atoms with van der Waals surface area (Å²) in [5.74, 6) is 0. The van der Waals surface area contributed by atoms with Gasteiger partial charge in [-0.2, -0.15) is 0 Å². The van der Waals surface area contributed by atoms with E-state index in [1.165, 1.54) is 0 Å². The van der Waals surface area contributed by atoms with E-state index in [2.05, 4.69) is 47.8 Å². The predicted molar refractivity (Wildman–Crippen MR) is 54.9 cm³/mol. The molecule has 0 amide bonds. The Bertz CT molecular complexity index is 273. The SMILES string of the molecule is O=Cc1c(Br)cc(Br)cc1Br. The normalized spacial score (nSPS) is 9.73. The van der Waals surface area contributed by atoms with Crippen molar-refractivity contribution < 1.29 is 4.79 Å². The molecule has 58 valence electrons. The lowest BCUT2D eigenvalue weighted by molar-refractivity contribution is 0.112. The molecule has 0 aliphatic heterocycles. The van der Waals surface area contributed by atoms with Gasteiger partial charge < -0.3 is 0 Å². The van der Waals surface area contributed by atoms with Gasteiger partial charge in [-0.15, -0.1) is 0 Å². The maximum absolute atomic E-state index is 10.5. The number of hydrogen-bond donors (Lipinski definition) is 0. The molecule has 0 radical (unpaired) electrons. The van der Waals surface area contributed by atoms with Gasteiger partial charge in [-0.3, -0.25) is 4.79 Å². The third-order valence-electron chi connectivity index (χ3n) is 1.16. The molecule has 1 nitrogen and oxygen atoms in total. The van der Waals surface area contributed by atoms with Crippen molar-refractivity contribution in [1.82, 2.24) is 0 Å². The molecule has 0 saturated heterocycles. The Kier molecular flexibility index (Phi) is 3.28. The van der Waals surface area contributed by atoms with Crippen LogP contribution in [0.4, 0.5) is 0 Å². The van der Waals surface area contributed by atoms with Crippen molar-refractivity contribution in [1.29, 1.82) is 0 Å². The summed E-state index contributed by atoms with van der Waals surface area (Å²) in [6.45, 7) is 0. The summed E-state index contributed by atoms with van der Waals surface area (Å²) in [5.41, 5.74) is 0.633. The molecule has 1 aromatic rings. The molecule has 0 saturated carbocycles. The first-order valence-corrected chi connectivity index (χ1v) is 5.13. The minimum Gasteiger partial charge on any atom is -0.298 e. The Morgan fingerprint density at radius 1 is 1.09 bits per heavy atom. The van der Waals surface area contributed by atoms with Gasteiger partial charge in [-0.1, -0.05) is 15.9 Å². The fourth-order valence-corrected chi connectivity index (χ4v) is 3.11. The highest BCUT2D eigenvalue weighted by molar-refractivity contribution is 9.11. The maximum Gasteiger partial charge on any atom is 0.152 e. The summed E-state index contributed by atoms with van der Waals surface area (Å²) in [7, 11) is 0. The van der Waals surface area contributed by atoms with E-state index >= 15 is 0 Å². The molecule has 0 aromatic heterocycles. The average molecular weight is 343 g/mol. The van der Waals surface area contributed by atoms with Crippen molar-refractivity contribution in [3.63, 3.8) is 0 Å². The second kappa shape index (κ2) is 3.83. The van der Waals surface area contributed by atoms with Gasteiger partial charge in [-0.25, -0.2) is 0 Å². The van der Waals surface area contributed by atoms with Crippen molar-refractivity contribution >= 4 is 54.1 Å². The Labute approximate surface area is 89.6 Å². The third-order valence-corrected chi connectivity index (χ3v) is 2.93. The molecule has 4 heteroatoms. The Morgan fingerprint density at radius 2 is 1.55 bits per heavy atom. The van der Waals surface area contributed by atoms with Crippen LogP contribution in [0.25, 0.3) is 0 Å². The summed E-state index contributed by atoms with van der Waals surface area (Å²) in [6.07, 6.45) is 0.806. The Hall–Kier alpha value is 0.330. The topological polar surface area (TPSA) is 17.1 Å². The molecule has 0 atom stereocenters. The van der Waals surface area contributed by atoms with Crippen molar-refractivity contribution in [3.8, 4) is 0 Å². The monoisotopic (exact) mass is 340 g/mol.